The van der Waals surface area contributed by atoms with Crippen LogP contribution in [0.2, 0.25) is 0 Å². The van der Waals surface area contributed by atoms with Gasteiger partial charge in [0.15, 0.2) is 23.6 Å². The van der Waals surface area contributed by atoms with Crippen LogP contribution in [0.4, 0.5) is 0 Å². The second kappa shape index (κ2) is 20.5. The van der Waals surface area contributed by atoms with E-state index in [2.05, 4.69) is 248 Å². The highest BCUT2D eigenvalue weighted by molar-refractivity contribution is 6.16. The fourth-order valence-corrected chi connectivity index (χ4v) is 10.6. The molecule has 0 radical (unpaired) electrons. The molecule has 2 aliphatic rings. The smallest absolute Gasteiger partial charge is 0.169 e. The maximum Gasteiger partial charge on any atom is 0.169 e. The van der Waals surface area contributed by atoms with Crippen LogP contribution in [0.5, 0.6) is 11.5 Å². The molecule has 14 rings (SSSR count). The van der Waals surface area contributed by atoms with Crippen LogP contribution >= 0.6 is 0 Å². The van der Waals surface area contributed by atoms with Gasteiger partial charge in [-0.25, -0.2) is 24.9 Å². The molecule has 11 aromatic carbocycles. The summed E-state index contributed by atoms with van der Waals surface area (Å²) in [6.07, 6.45) is -0.573. The van der Waals surface area contributed by atoms with Gasteiger partial charge in [-0.1, -0.05) is 224 Å². The lowest BCUT2D eigenvalue weighted by molar-refractivity contribution is 0.487. The quantitative estimate of drug-likeness (QED) is 0.148. The number of aliphatic imine (C=N–C) groups is 2. The third-order valence-electron chi connectivity index (χ3n) is 14.6. The summed E-state index contributed by atoms with van der Waals surface area (Å²) in [7, 11) is 0. The van der Waals surface area contributed by atoms with E-state index in [-0.39, 0.29) is 0 Å². The topological polar surface area (TPSA) is 84.7 Å². The second-order valence-electron chi connectivity index (χ2n) is 19.7. The molecule has 3 heterocycles. The maximum atomic E-state index is 6.97. The van der Waals surface area contributed by atoms with Crippen molar-refractivity contribution in [2.45, 2.75) is 6.17 Å². The molecule has 0 saturated carbocycles. The first-order valence-corrected chi connectivity index (χ1v) is 26.5. The van der Waals surface area contributed by atoms with Crippen LogP contribution in [0.1, 0.15) is 22.9 Å². The molecule has 12 aromatic rings. The molecule has 0 atom stereocenters. The largest absolute Gasteiger partial charge is 0.456 e. The standard InChI is InChI=1S/C72H48N6O/c1-5-19-47(20-6-1)51-27-15-31-55(41-51)67-73-68(56-32-16-28-52(42-56)48-21-7-2-8-22-48)76-71(75-67)59-37-39-65-63(45-59)61-35-13-14-36-62(61)64-46-60(38-40-66(64)79-65)72-77-69(57-33-17-29-53(43-57)49-23-9-3-10-24-49)74-70(78-72)58-34-18-30-54(44-58)50-25-11-4-12-26-50/h1-46,71H,(H,73,75,76). The van der Waals surface area contributed by atoms with Crippen LogP contribution in [0.25, 0.3) is 101 Å². The molecule has 1 aromatic heterocycles. The first kappa shape index (κ1) is 46.9. The lowest BCUT2D eigenvalue weighted by Crippen LogP contribution is -2.36. The van der Waals surface area contributed by atoms with Gasteiger partial charge in [0.2, 0.25) is 0 Å². The molecule has 7 heteroatoms. The van der Waals surface area contributed by atoms with Gasteiger partial charge in [-0.2, -0.15) is 0 Å². The molecular weight excluding hydrogens is 965 g/mol. The monoisotopic (exact) mass is 1010 g/mol. The Labute approximate surface area is 458 Å². The molecule has 0 amide bonds. The van der Waals surface area contributed by atoms with E-state index in [1.165, 1.54) is 0 Å². The first-order valence-electron chi connectivity index (χ1n) is 26.5. The maximum absolute atomic E-state index is 6.97. The molecule has 7 nitrogen and oxygen atoms in total. The van der Waals surface area contributed by atoms with Crippen molar-refractivity contribution < 1.29 is 4.74 Å². The Bertz CT molecular complexity index is 4110. The Hall–Kier alpha value is -10.6. The molecule has 2 aliphatic heterocycles. The summed E-state index contributed by atoms with van der Waals surface area (Å²) < 4.78 is 6.97. The Morgan fingerprint density at radius 3 is 1.01 bits per heavy atom. The minimum Gasteiger partial charge on any atom is -0.456 e. The summed E-state index contributed by atoms with van der Waals surface area (Å²) in [5, 5.41) is 3.67. The second-order valence-corrected chi connectivity index (χ2v) is 19.7. The van der Waals surface area contributed by atoms with Gasteiger partial charge in [0.05, 0.1) is 0 Å². The minimum atomic E-state index is -0.573. The van der Waals surface area contributed by atoms with E-state index in [0.717, 1.165) is 123 Å². The number of nitrogens with zero attached hydrogens (tertiary/aromatic N) is 5. The lowest BCUT2D eigenvalue weighted by Gasteiger charge is -2.23. The van der Waals surface area contributed by atoms with Crippen molar-refractivity contribution in [3.05, 3.63) is 296 Å². The Kier molecular flexibility index (Phi) is 12.2. The van der Waals surface area contributed by atoms with Crippen LogP contribution in [-0.4, -0.2) is 26.6 Å². The normalized spacial score (nSPS) is 12.6. The van der Waals surface area contributed by atoms with E-state index >= 15 is 0 Å². The molecular formula is C72H48N6O. The van der Waals surface area contributed by atoms with E-state index in [1.54, 1.807) is 0 Å². The Balaban J connectivity index is 0.866. The molecule has 0 aliphatic carbocycles. The van der Waals surface area contributed by atoms with Crippen LogP contribution < -0.4 is 10.1 Å². The van der Waals surface area contributed by atoms with Crippen molar-refractivity contribution in [1.29, 1.82) is 0 Å². The summed E-state index contributed by atoms with van der Waals surface area (Å²) in [5.41, 5.74) is 18.3. The highest BCUT2D eigenvalue weighted by Crippen LogP contribution is 2.49. The van der Waals surface area contributed by atoms with Crippen LogP contribution in [0, 0.1) is 0 Å². The predicted molar refractivity (Wildman–Crippen MR) is 321 cm³/mol. The van der Waals surface area contributed by atoms with Gasteiger partial charge >= 0.3 is 0 Å². The zero-order chi connectivity index (χ0) is 52.5. The predicted octanol–water partition coefficient (Wildman–Crippen LogP) is 17.5. The molecule has 0 spiro atoms. The van der Waals surface area contributed by atoms with Gasteiger partial charge in [0.25, 0.3) is 0 Å². The molecule has 1 N–H and O–H groups in total. The van der Waals surface area contributed by atoms with Crippen molar-refractivity contribution >= 4 is 11.7 Å². The molecule has 79 heavy (non-hydrogen) atoms. The van der Waals surface area contributed by atoms with Crippen molar-refractivity contribution in [2.75, 3.05) is 0 Å². The number of aromatic nitrogens is 3. The number of hydrogen-bond donors (Lipinski definition) is 1. The van der Waals surface area contributed by atoms with E-state index in [0.29, 0.717) is 17.5 Å². The van der Waals surface area contributed by atoms with Crippen LogP contribution in [-0.2, 0) is 0 Å². The molecule has 0 bridgehead atoms. The highest BCUT2D eigenvalue weighted by atomic mass is 16.5. The molecule has 0 fully saturated rings. The number of amidine groups is 2. The zero-order valence-corrected chi connectivity index (χ0v) is 42.8. The van der Waals surface area contributed by atoms with Gasteiger partial charge in [-0.15, -0.1) is 0 Å². The van der Waals surface area contributed by atoms with Crippen molar-refractivity contribution in [1.82, 2.24) is 20.3 Å². The Morgan fingerprint density at radius 1 is 0.253 bits per heavy atom. The van der Waals surface area contributed by atoms with Crippen LogP contribution in [0.15, 0.2) is 289 Å². The summed E-state index contributed by atoms with van der Waals surface area (Å²) in [6, 6.07) is 96.6. The number of nitrogens with one attached hydrogen (secondary N) is 1. The van der Waals surface area contributed by atoms with Crippen LogP contribution in [0.3, 0.4) is 0 Å². The number of rotatable bonds is 10. The average molecular weight is 1010 g/mol. The summed E-state index contributed by atoms with van der Waals surface area (Å²) >= 11 is 0. The third kappa shape index (κ3) is 9.47. The summed E-state index contributed by atoms with van der Waals surface area (Å²) in [6.45, 7) is 0. The van der Waals surface area contributed by atoms with Gasteiger partial charge in [-0.3, -0.25) is 0 Å². The highest BCUT2D eigenvalue weighted by Gasteiger charge is 2.27. The number of ether oxygens (including phenoxy) is 1. The Morgan fingerprint density at radius 2 is 0.582 bits per heavy atom. The average Bonchev–Trinajstić information content (AvgIpc) is 3.72. The fraction of sp³-hybridized carbons (Fsp3) is 0.0139. The van der Waals surface area contributed by atoms with Crippen molar-refractivity contribution in [2.24, 2.45) is 9.98 Å². The van der Waals surface area contributed by atoms with E-state index < -0.39 is 6.17 Å². The van der Waals surface area contributed by atoms with E-state index in [9.17, 15) is 0 Å². The lowest BCUT2D eigenvalue weighted by atomic mass is 9.92. The number of benzene rings is 11. The third-order valence-corrected chi connectivity index (χ3v) is 14.6. The summed E-state index contributed by atoms with van der Waals surface area (Å²) in [5.74, 6) is 4.65. The van der Waals surface area contributed by atoms with Crippen molar-refractivity contribution in [3.8, 4) is 112 Å². The molecule has 0 saturated heterocycles. The zero-order valence-electron chi connectivity index (χ0n) is 42.8. The fourth-order valence-electron chi connectivity index (χ4n) is 10.6. The molecule has 372 valence electrons. The van der Waals surface area contributed by atoms with Gasteiger partial charge in [0.1, 0.15) is 23.2 Å². The first-order chi connectivity index (χ1) is 39.1. The van der Waals surface area contributed by atoms with Crippen molar-refractivity contribution in [3.63, 3.8) is 0 Å². The van der Waals surface area contributed by atoms with E-state index in [1.807, 2.05) is 36.4 Å². The molecule has 0 unspecified atom stereocenters. The SMILES string of the molecule is c1ccc(-c2cccc(C3=NC(c4ccc5c(c4)-c4ccccc4-c4cc(-c6nc(-c7cccc(-c8ccccc8)c7)nc(-c7cccc(-c8ccccc8)c7)n6)ccc4O5)N=C(c4cccc(-c5ccccc5)c4)N3)c2)cc1. The van der Waals surface area contributed by atoms with E-state index in [4.69, 9.17) is 29.7 Å². The number of fused-ring (bicyclic) bond motifs is 5. The summed E-state index contributed by atoms with van der Waals surface area (Å²) in [4.78, 5) is 26.5. The van der Waals surface area contributed by atoms with Gasteiger partial charge < -0.3 is 10.1 Å². The number of hydrogen-bond acceptors (Lipinski definition) is 7. The van der Waals surface area contributed by atoms with Gasteiger partial charge in [0, 0.05) is 38.9 Å². The minimum absolute atomic E-state index is 0.552. The van der Waals surface area contributed by atoms with Gasteiger partial charge in [-0.05, 0) is 116 Å².